The molecule has 0 radical (unpaired) electrons. The standard InChI is InChI=1S/C19H26N2O3/c22-18(10-15-24-17-8-2-1-3-9-17)20-11-5-12-21(14-13-20)19(23)16-6-4-7-16/h1-3,8-9,16H,4-7,10-15H2. The molecule has 1 heterocycles. The molecule has 1 saturated carbocycles. The van der Waals surface area contributed by atoms with Gasteiger partial charge in [0.2, 0.25) is 11.8 Å². The van der Waals surface area contributed by atoms with Gasteiger partial charge in [-0.2, -0.15) is 0 Å². The lowest BCUT2D eigenvalue weighted by atomic mass is 9.84. The first-order valence-electron chi connectivity index (χ1n) is 8.98. The smallest absolute Gasteiger partial charge is 0.226 e. The number of ether oxygens (including phenoxy) is 1. The summed E-state index contributed by atoms with van der Waals surface area (Å²) in [5.41, 5.74) is 0. The predicted molar refractivity (Wildman–Crippen MR) is 91.7 cm³/mol. The number of rotatable bonds is 5. The molecule has 1 saturated heterocycles. The van der Waals surface area contributed by atoms with Crippen LogP contribution in [0.4, 0.5) is 0 Å². The first-order chi connectivity index (χ1) is 11.7. The molecule has 2 fully saturated rings. The molecular formula is C19H26N2O3. The third-order valence-corrected chi connectivity index (χ3v) is 4.94. The van der Waals surface area contributed by atoms with Crippen molar-refractivity contribution in [3.63, 3.8) is 0 Å². The highest BCUT2D eigenvalue weighted by Crippen LogP contribution is 2.28. The van der Waals surface area contributed by atoms with Crippen LogP contribution in [-0.4, -0.2) is 54.4 Å². The van der Waals surface area contributed by atoms with Crippen LogP contribution in [0.1, 0.15) is 32.1 Å². The van der Waals surface area contributed by atoms with Crippen LogP contribution in [-0.2, 0) is 9.59 Å². The number of amides is 2. The highest BCUT2D eigenvalue weighted by Gasteiger charge is 2.30. The van der Waals surface area contributed by atoms with Crippen molar-refractivity contribution >= 4 is 11.8 Å². The maximum Gasteiger partial charge on any atom is 0.226 e. The molecule has 24 heavy (non-hydrogen) atoms. The fourth-order valence-corrected chi connectivity index (χ4v) is 3.23. The lowest BCUT2D eigenvalue weighted by Crippen LogP contribution is -2.41. The molecule has 0 bridgehead atoms. The van der Waals surface area contributed by atoms with Gasteiger partial charge in [0.05, 0.1) is 13.0 Å². The summed E-state index contributed by atoms with van der Waals surface area (Å²) in [6.45, 7) is 3.21. The number of hydrogen-bond acceptors (Lipinski definition) is 3. The van der Waals surface area contributed by atoms with E-state index in [2.05, 4.69) is 0 Å². The SMILES string of the molecule is O=C(CCOc1ccccc1)N1CCCN(C(=O)C2CCC2)CC1. The van der Waals surface area contributed by atoms with Crippen LogP contribution < -0.4 is 4.74 Å². The average molecular weight is 330 g/mol. The molecule has 0 N–H and O–H groups in total. The number of para-hydroxylation sites is 1. The van der Waals surface area contributed by atoms with E-state index in [-0.39, 0.29) is 11.8 Å². The van der Waals surface area contributed by atoms with Crippen LogP contribution >= 0.6 is 0 Å². The molecule has 1 aromatic carbocycles. The summed E-state index contributed by atoms with van der Waals surface area (Å²) >= 11 is 0. The van der Waals surface area contributed by atoms with Crippen molar-refractivity contribution in [2.24, 2.45) is 5.92 Å². The van der Waals surface area contributed by atoms with Crippen molar-refractivity contribution < 1.29 is 14.3 Å². The van der Waals surface area contributed by atoms with Gasteiger partial charge < -0.3 is 14.5 Å². The Hall–Kier alpha value is -2.04. The lowest BCUT2D eigenvalue weighted by molar-refractivity contribution is -0.138. The highest BCUT2D eigenvalue weighted by atomic mass is 16.5. The number of carbonyl (C=O) groups is 2. The molecule has 3 rings (SSSR count). The van der Waals surface area contributed by atoms with Crippen molar-refractivity contribution in [2.45, 2.75) is 32.1 Å². The fraction of sp³-hybridized carbons (Fsp3) is 0.579. The molecule has 5 nitrogen and oxygen atoms in total. The Bertz CT molecular complexity index is 557. The molecule has 1 aliphatic heterocycles. The van der Waals surface area contributed by atoms with E-state index in [1.165, 1.54) is 6.42 Å². The van der Waals surface area contributed by atoms with Gasteiger partial charge in [-0.3, -0.25) is 9.59 Å². The molecule has 1 aliphatic carbocycles. The van der Waals surface area contributed by atoms with Crippen LogP contribution in [0.15, 0.2) is 30.3 Å². The minimum atomic E-state index is 0.115. The molecule has 1 aromatic rings. The molecule has 0 spiro atoms. The van der Waals surface area contributed by atoms with Gasteiger partial charge in [-0.25, -0.2) is 0 Å². The summed E-state index contributed by atoms with van der Waals surface area (Å²) in [6.07, 6.45) is 4.50. The first-order valence-corrected chi connectivity index (χ1v) is 8.98. The monoisotopic (exact) mass is 330 g/mol. The third kappa shape index (κ3) is 4.28. The highest BCUT2D eigenvalue weighted by molar-refractivity contribution is 5.80. The molecule has 5 heteroatoms. The predicted octanol–water partition coefficient (Wildman–Crippen LogP) is 2.32. The van der Waals surface area contributed by atoms with Crippen molar-refractivity contribution in [2.75, 3.05) is 32.8 Å². The Morgan fingerprint density at radius 1 is 0.958 bits per heavy atom. The molecule has 0 unspecified atom stereocenters. The van der Waals surface area contributed by atoms with E-state index >= 15 is 0 Å². The van der Waals surface area contributed by atoms with Crippen LogP contribution in [0.3, 0.4) is 0 Å². The average Bonchev–Trinajstić information content (AvgIpc) is 2.80. The summed E-state index contributed by atoms with van der Waals surface area (Å²) in [4.78, 5) is 28.5. The molecule has 2 aliphatic rings. The number of hydrogen-bond donors (Lipinski definition) is 0. The van der Waals surface area contributed by atoms with Gasteiger partial charge in [0.1, 0.15) is 5.75 Å². The first kappa shape index (κ1) is 16.8. The zero-order chi connectivity index (χ0) is 16.8. The van der Waals surface area contributed by atoms with Crippen molar-refractivity contribution in [3.05, 3.63) is 30.3 Å². The van der Waals surface area contributed by atoms with Gasteiger partial charge >= 0.3 is 0 Å². The molecular weight excluding hydrogens is 304 g/mol. The Balaban J connectivity index is 1.41. The molecule has 0 atom stereocenters. The minimum absolute atomic E-state index is 0.115. The van der Waals surface area contributed by atoms with Gasteiger partial charge in [-0.15, -0.1) is 0 Å². The Kier molecular flexibility index (Phi) is 5.72. The van der Waals surface area contributed by atoms with Gasteiger partial charge in [-0.1, -0.05) is 24.6 Å². The Morgan fingerprint density at radius 3 is 2.38 bits per heavy atom. The maximum atomic E-state index is 12.4. The van der Waals surface area contributed by atoms with Gasteiger partial charge in [0.15, 0.2) is 0 Å². The summed E-state index contributed by atoms with van der Waals surface area (Å²) in [5, 5.41) is 0. The van der Waals surface area contributed by atoms with Gasteiger partial charge in [0.25, 0.3) is 0 Å². The van der Waals surface area contributed by atoms with Crippen molar-refractivity contribution in [3.8, 4) is 5.75 Å². The van der Waals surface area contributed by atoms with E-state index < -0.39 is 0 Å². The second-order valence-electron chi connectivity index (χ2n) is 6.60. The van der Waals surface area contributed by atoms with Crippen molar-refractivity contribution in [1.29, 1.82) is 0 Å². The normalized spacial score (nSPS) is 18.7. The minimum Gasteiger partial charge on any atom is -0.493 e. The summed E-state index contributed by atoms with van der Waals surface area (Å²) in [5.74, 6) is 1.44. The molecule has 2 amide bonds. The van der Waals surface area contributed by atoms with Gasteiger partial charge in [-0.05, 0) is 31.4 Å². The van der Waals surface area contributed by atoms with E-state index in [4.69, 9.17) is 4.74 Å². The Labute approximate surface area is 143 Å². The second kappa shape index (κ2) is 8.18. The van der Waals surface area contributed by atoms with Crippen LogP contribution in [0, 0.1) is 5.92 Å². The quantitative estimate of drug-likeness (QED) is 0.832. The van der Waals surface area contributed by atoms with Gasteiger partial charge in [0, 0.05) is 32.1 Å². The molecule has 0 aromatic heterocycles. The summed E-state index contributed by atoms with van der Waals surface area (Å²) in [6, 6.07) is 9.55. The second-order valence-corrected chi connectivity index (χ2v) is 6.60. The number of nitrogens with zero attached hydrogens (tertiary/aromatic N) is 2. The van der Waals surface area contributed by atoms with E-state index in [0.29, 0.717) is 32.0 Å². The molecule has 130 valence electrons. The van der Waals surface area contributed by atoms with E-state index in [0.717, 1.165) is 38.1 Å². The summed E-state index contributed by atoms with van der Waals surface area (Å²) < 4.78 is 5.60. The third-order valence-electron chi connectivity index (χ3n) is 4.94. The van der Waals surface area contributed by atoms with E-state index in [1.54, 1.807) is 0 Å². The fourth-order valence-electron chi connectivity index (χ4n) is 3.23. The van der Waals surface area contributed by atoms with E-state index in [9.17, 15) is 9.59 Å². The van der Waals surface area contributed by atoms with Crippen LogP contribution in [0.2, 0.25) is 0 Å². The largest absolute Gasteiger partial charge is 0.493 e. The zero-order valence-corrected chi connectivity index (χ0v) is 14.2. The van der Waals surface area contributed by atoms with Crippen LogP contribution in [0.25, 0.3) is 0 Å². The summed E-state index contributed by atoms with van der Waals surface area (Å²) in [7, 11) is 0. The maximum absolute atomic E-state index is 12.4. The van der Waals surface area contributed by atoms with Crippen molar-refractivity contribution in [1.82, 2.24) is 9.80 Å². The lowest BCUT2D eigenvalue weighted by Gasteiger charge is -2.31. The van der Waals surface area contributed by atoms with Crippen LogP contribution in [0.5, 0.6) is 5.75 Å². The Morgan fingerprint density at radius 2 is 1.67 bits per heavy atom. The number of benzene rings is 1. The van der Waals surface area contributed by atoms with E-state index in [1.807, 2.05) is 40.1 Å². The number of carbonyl (C=O) groups excluding carboxylic acids is 2. The zero-order valence-electron chi connectivity index (χ0n) is 14.2. The topological polar surface area (TPSA) is 49.9 Å².